The summed E-state index contributed by atoms with van der Waals surface area (Å²) in [6.45, 7) is 4.96. The number of anilines is 1. The molecule has 1 N–H and O–H groups in total. The van der Waals surface area contributed by atoms with Gasteiger partial charge in [-0.05, 0) is 25.5 Å². The van der Waals surface area contributed by atoms with Gasteiger partial charge in [0.05, 0.1) is 5.69 Å². The van der Waals surface area contributed by atoms with Crippen molar-refractivity contribution >= 4 is 29.3 Å². The number of carbonyl (C=O) groups excluding carboxylic acids is 2. The second-order valence-corrected chi connectivity index (χ2v) is 7.82. The lowest BCUT2D eigenvalue weighted by Crippen LogP contribution is -2.37. The normalized spacial score (nSPS) is 14.7. The van der Waals surface area contributed by atoms with Gasteiger partial charge in [-0.3, -0.25) is 9.59 Å². The summed E-state index contributed by atoms with van der Waals surface area (Å²) in [6, 6.07) is 8.17. The van der Waals surface area contributed by atoms with Crippen LogP contribution in [-0.4, -0.2) is 30.2 Å². The van der Waals surface area contributed by atoms with E-state index in [1.54, 1.807) is 11.8 Å². The molecule has 1 heterocycles. The van der Waals surface area contributed by atoms with Crippen LogP contribution in [0.1, 0.15) is 58.8 Å². The highest BCUT2D eigenvalue weighted by atomic mass is 32.2. The minimum atomic E-state index is -0.0176. The summed E-state index contributed by atoms with van der Waals surface area (Å²) in [5, 5.41) is 3.02. The maximum absolute atomic E-state index is 12.5. The third kappa shape index (κ3) is 6.38. The van der Waals surface area contributed by atoms with Gasteiger partial charge in [-0.15, -0.1) is 11.8 Å². The molecule has 138 valence electrons. The molecular weight excluding hydrogens is 332 g/mol. The molecule has 1 aliphatic heterocycles. The fourth-order valence-electron chi connectivity index (χ4n) is 3.08. The molecule has 0 fully saturated rings. The summed E-state index contributed by atoms with van der Waals surface area (Å²) < 4.78 is 0. The monoisotopic (exact) mass is 362 g/mol. The second-order valence-electron chi connectivity index (χ2n) is 6.68. The zero-order chi connectivity index (χ0) is 18.1. The number of para-hydroxylation sites is 1. The number of nitrogens with zero attached hydrogens (tertiary/aromatic N) is 1. The van der Waals surface area contributed by atoms with Crippen LogP contribution in [0.3, 0.4) is 0 Å². The first-order valence-electron chi connectivity index (χ1n) is 9.43. The van der Waals surface area contributed by atoms with Gasteiger partial charge in [-0.25, -0.2) is 0 Å². The van der Waals surface area contributed by atoms with Crippen LogP contribution < -0.4 is 10.2 Å². The van der Waals surface area contributed by atoms with Crippen molar-refractivity contribution in [3.05, 3.63) is 24.3 Å². The Balaban J connectivity index is 1.74. The molecule has 2 rings (SSSR count). The van der Waals surface area contributed by atoms with Crippen molar-refractivity contribution in [1.29, 1.82) is 0 Å². The molecule has 1 aliphatic rings. The van der Waals surface area contributed by atoms with Crippen molar-refractivity contribution in [3.63, 3.8) is 0 Å². The molecule has 1 unspecified atom stereocenters. The zero-order valence-electron chi connectivity index (χ0n) is 15.4. The minimum Gasteiger partial charge on any atom is -0.354 e. The molecule has 0 spiro atoms. The molecule has 0 bridgehead atoms. The number of nitrogens with one attached hydrogen (secondary N) is 1. The van der Waals surface area contributed by atoms with Crippen LogP contribution in [0, 0.1) is 0 Å². The van der Waals surface area contributed by atoms with Crippen LogP contribution in [0.15, 0.2) is 29.2 Å². The standard InChI is InChI=1S/C20H30N2O2S/c1-3-4-5-6-9-16(2)21-19(23)12-13-20(24)22-14-15-25-18-11-8-7-10-17(18)22/h7-8,10-11,16H,3-6,9,12-15H2,1-2H3,(H,21,23). The van der Waals surface area contributed by atoms with E-state index >= 15 is 0 Å². The Labute approximate surface area is 155 Å². The SMILES string of the molecule is CCCCCCC(C)NC(=O)CCC(=O)N1CCSc2ccccc21. The fraction of sp³-hybridized carbons (Fsp3) is 0.600. The first-order valence-corrected chi connectivity index (χ1v) is 10.4. The Hall–Kier alpha value is -1.49. The zero-order valence-corrected chi connectivity index (χ0v) is 16.2. The highest BCUT2D eigenvalue weighted by Gasteiger charge is 2.23. The Kier molecular flexibility index (Phi) is 8.32. The van der Waals surface area contributed by atoms with E-state index < -0.39 is 0 Å². The summed E-state index contributed by atoms with van der Waals surface area (Å²) in [6.07, 6.45) is 6.40. The molecule has 0 aromatic heterocycles. The Morgan fingerprint density at radius 1 is 1.20 bits per heavy atom. The van der Waals surface area contributed by atoms with Crippen molar-refractivity contribution in [2.24, 2.45) is 0 Å². The molecule has 5 heteroatoms. The minimum absolute atomic E-state index is 0.0176. The molecule has 0 radical (unpaired) electrons. The molecule has 0 aliphatic carbocycles. The van der Waals surface area contributed by atoms with E-state index in [0.717, 1.165) is 35.7 Å². The molecular formula is C20H30N2O2S. The number of hydrogen-bond acceptors (Lipinski definition) is 3. The summed E-state index contributed by atoms with van der Waals surface area (Å²) in [5.74, 6) is 0.929. The fourth-order valence-corrected chi connectivity index (χ4v) is 4.08. The van der Waals surface area contributed by atoms with Crippen LogP contribution in [-0.2, 0) is 9.59 Å². The van der Waals surface area contributed by atoms with Gasteiger partial charge >= 0.3 is 0 Å². The van der Waals surface area contributed by atoms with Crippen LogP contribution >= 0.6 is 11.8 Å². The largest absolute Gasteiger partial charge is 0.354 e. The molecule has 1 aromatic carbocycles. The number of fused-ring (bicyclic) bond motifs is 1. The van der Waals surface area contributed by atoms with Crippen molar-refractivity contribution < 1.29 is 9.59 Å². The molecule has 25 heavy (non-hydrogen) atoms. The molecule has 1 atom stereocenters. The van der Waals surface area contributed by atoms with Crippen molar-refractivity contribution in [2.75, 3.05) is 17.2 Å². The van der Waals surface area contributed by atoms with E-state index in [2.05, 4.69) is 12.2 Å². The summed E-state index contributed by atoms with van der Waals surface area (Å²) in [7, 11) is 0. The Morgan fingerprint density at radius 3 is 2.80 bits per heavy atom. The third-order valence-electron chi connectivity index (χ3n) is 4.49. The average molecular weight is 363 g/mol. The van der Waals surface area contributed by atoms with Crippen molar-refractivity contribution in [3.8, 4) is 0 Å². The van der Waals surface area contributed by atoms with E-state index in [1.165, 1.54) is 19.3 Å². The first-order chi connectivity index (χ1) is 12.1. The van der Waals surface area contributed by atoms with E-state index in [0.29, 0.717) is 0 Å². The van der Waals surface area contributed by atoms with Crippen LogP contribution in [0.25, 0.3) is 0 Å². The van der Waals surface area contributed by atoms with Crippen molar-refractivity contribution in [1.82, 2.24) is 5.32 Å². The highest BCUT2D eigenvalue weighted by Crippen LogP contribution is 2.34. The second kappa shape index (κ2) is 10.5. The van der Waals surface area contributed by atoms with Gasteiger partial charge in [0.1, 0.15) is 0 Å². The molecule has 0 saturated carbocycles. The maximum atomic E-state index is 12.5. The number of amides is 2. The molecule has 2 amide bonds. The van der Waals surface area contributed by atoms with Gasteiger partial charge < -0.3 is 10.2 Å². The molecule has 0 saturated heterocycles. The molecule has 1 aromatic rings. The average Bonchev–Trinajstić information content (AvgIpc) is 2.63. The van der Waals surface area contributed by atoms with E-state index in [4.69, 9.17) is 0 Å². The summed E-state index contributed by atoms with van der Waals surface area (Å²) >= 11 is 1.78. The number of unbranched alkanes of at least 4 members (excludes halogenated alkanes) is 3. The number of hydrogen-bond donors (Lipinski definition) is 1. The topological polar surface area (TPSA) is 49.4 Å². The van der Waals surface area contributed by atoms with Gasteiger partial charge in [0.2, 0.25) is 11.8 Å². The number of carbonyl (C=O) groups is 2. The van der Waals surface area contributed by atoms with E-state index in [-0.39, 0.29) is 30.7 Å². The van der Waals surface area contributed by atoms with Gasteiger partial charge in [-0.1, -0.05) is 44.7 Å². The van der Waals surface area contributed by atoms with Crippen LogP contribution in [0.4, 0.5) is 5.69 Å². The number of rotatable bonds is 9. The highest BCUT2D eigenvalue weighted by molar-refractivity contribution is 7.99. The third-order valence-corrected chi connectivity index (χ3v) is 5.54. The van der Waals surface area contributed by atoms with Gasteiger partial charge in [-0.2, -0.15) is 0 Å². The maximum Gasteiger partial charge on any atom is 0.227 e. The smallest absolute Gasteiger partial charge is 0.227 e. The van der Waals surface area contributed by atoms with E-state index in [1.807, 2.05) is 36.1 Å². The first kappa shape index (κ1) is 19.8. The number of benzene rings is 1. The van der Waals surface area contributed by atoms with Gasteiger partial charge in [0.15, 0.2) is 0 Å². The lowest BCUT2D eigenvalue weighted by atomic mass is 10.1. The van der Waals surface area contributed by atoms with Gasteiger partial charge in [0, 0.05) is 36.1 Å². The van der Waals surface area contributed by atoms with E-state index in [9.17, 15) is 9.59 Å². The Morgan fingerprint density at radius 2 is 2.00 bits per heavy atom. The van der Waals surface area contributed by atoms with Crippen molar-refractivity contribution in [2.45, 2.75) is 69.7 Å². The quantitative estimate of drug-likeness (QED) is 0.663. The lowest BCUT2D eigenvalue weighted by Gasteiger charge is -2.29. The summed E-state index contributed by atoms with van der Waals surface area (Å²) in [5.41, 5.74) is 0.980. The van der Waals surface area contributed by atoms with Gasteiger partial charge in [0.25, 0.3) is 0 Å². The Bertz CT molecular complexity index is 577. The van der Waals surface area contributed by atoms with Crippen LogP contribution in [0.5, 0.6) is 0 Å². The number of thioether (sulfide) groups is 1. The summed E-state index contributed by atoms with van der Waals surface area (Å²) in [4.78, 5) is 27.6. The predicted octanol–water partition coefficient (Wildman–Crippen LogP) is 4.38. The lowest BCUT2D eigenvalue weighted by molar-refractivity contribution is -0.125. The predicted molar refractivity (Wildman–Crippen MR) is 105 cm³/mol. The van der Waals surface area contributed by atoms with Crippen LogP contribution in [0.2, 0.25) is 0 Å². The molecule has 4 nitrogen and oxygen atoms in total.